The van der Waals surface area contributed by atoms with Crippen LogP contribution in [-0.4, -0.2) is 14.1 Å². The summed E-state index contributed by atoms with van der Waals surface area (Å²) < 4.78 is 2.25. The van der Waals surface area contributed by atoms with E-state index >= 15 is 0 Å². The first kappa shape index (κ1) is 15.5. The molecule has 0 aliphatic rings. The third kappa shape index (κ3) is 2.08. The van der Waals surface area contributed by atoms with Crippen LogP contribution in [0.25, 0.3) is 22.2 Å². The molecule has 3 aromatic rings. The Morgan fingerprint density at radius 3 is 2.33 bits per heavy atom. The van der Waals surface area contributed by atoms with Crippen LogP contribution in [0.5, 0.6) is 0 Å². The summed E-state index contributed by atoms with van der Waals surface area (Å²) in [6, 6.07) is 9.42. The molecule has 2 heterocycles. The predicted molar refractivity (Wildman–Crippen MR) is 91.5 cm³/mol. The number of fused-ring (bicyclic) bond motifs is 1. The van der Waals surface area contributed by atoms with Crippen molar-refractivity contribution < 1.29 is 0 Å². The van der Waals surface area contributed by atoms with E-state index in [2.05, 4.69) is 4.98 Å². The Hall–Kier alpha value is -3.40. The molecule has 0 spiro atoms. The van der Waals surface area contributed by atoms with E-state index in [0.717, 1.165) is 10.1 Å². The van der Waals surface area contributed by atoms with Crippen molar-refractivity contribution in [2.24, 2.45) is 14.1 Å². The number of nitriles is 1. The van der Waals surface area contributed by atoms with Crippen LogP contribution < -0.4 is 17.0 Å². The summed E-state index contributed by atoms with van der Waals surface area (Å²) in [4.78, 5) is 29.0. The Balaban J connectivity index is 2.65. The SMILES string of the molecule is Cc1ccc(-c2c(C#N)c(N)nc3c2c(=O)n(C)c(=O)n3C)cc1. The van der Waals surface area contributed by atoms with Crippen molar-refractivity contribution in [1.82, 2.24) is 14.1 Å². The highest BCUT2D eigenvalue weighted by Gasteiger charge is 2.21. The zero-order valence-corrected chi connectivity index (χ0v) is 13.5. The second-order valence-corrected chi connectivity index (χ2v) is 5.63. The smallest absolute Gasteiger partial charge is 0.332 e. The topological polar surface area (TPSA) is 107 Å². The molecule has 0 saturated heterocycles. The molecule has 1 aromatic carbocycles. The summed E-state index contributed by atoms with van der Waals surface area (Å²) in [6.45, 7) is 1.94. The normalized spacial score (nSPS) is 10.8. The second-order valence-electron chi connectivity index (χ2n) is 5.63. The molecule has 0 saturated carbocycles. The van der Waals surface area contributed by atoms with Gasteiger partial charge in [0, 0.05) is 19.7 Å². The lowest BCUT2D eigenvalue weighted by Crippen LogP contribution is -2.37. The van der Waals surface area contributed by atoms with Crippen LogP contribution in [0.1, 0.15) is 11.1 Å². The molecule has 0 fully saturated rings. The minimum atomic E-state index is -0.507. The first-order valence-electron chi connectivity index (χ1n) is 7.23. The number of rotatable bonds is 1. The molecule has 2 aromatic heterocycles. The Bertz CT molecular complexity index is 1130. The molecule has 7 heteroatoms. The average molecular weight is 321 g/mol. The van der Waals surface area contributed by atoms with Crippen molar-refractivity contribution in [3.63, 3.8) is 0 Å². The van der Waals surface area contributed by atoms with E-state index in [9.17, 15) is 14.9 Å². The molecule has 24 heavy (non-hydrogen) atoms. The van der Waals surface area contributed by atoms with Crippen LogP contribution in [0.2, 0.25) is 0 Å². The Morgan fingerprint density at radius 1 is 1.12 bits per heavy atom. The quantitative estimate of drug-likeness (QED) is 0.721. The lowest BCUT2D eigenvalue weighted by molar-refractivity contribution is 0.708. The summed E-state index contributed by atoms with van der Waals surface area (Å²) in [5, 5.41) is 9.71. The molecule has 0 unspecified atom stereocenters. The zero-order chi connectivity index (χ0) is 17.6. The number of hydrogen-bond donors (Lipinski definition) is 1. The lowest BCUT2D eigenvalue weighted by atomic mass is 9.97. The number of aromatic nitrogens is 3. The van der Waals surface area contributed by atoms with Gasteiger partial charge < -0.3 is 5.73 Å². The number of benzene rings is 1. The first-order chi connectivity index (χ1) is 11.4. The van der Waals surface area contributed by atoms with E-state index in [1.807, 2.05) is 37.3 Å². The molecule has 0 aliphatic carbocycles. The maximum atomic E-state index is 12.7. The van der Waals surface area contributed by atoms with E-state index in [1.54, 1.807) is 0 Å². The van der Waals surface area contributed by atoms with E-state index < -0.39 is 11.2 Å². The van der Waals surface area contributed by atoms with E-state index in [-0.39, 0.29) is 22.4 Å². The minimum absolute atomic E-state index is 0.0103. The second kappa shape index (κ2) is 5.35. The van der Waals surface area contributed by atoms with E-state index in [4.69, 9.17) is 5.73 Å². The van der Waals surface area contributed by atoms with Crippen molar-refractivity contribution in [2.75, 3.05) is 5.73 Å². The van der Waals surface area contributed by atoms with Crippen molar-refractivity contribution in [3.8, 4) is 17.2 Å². The number of hydrogen-bond acceptors (Lipinski definition) is 5. The maximum absolute atomic E-state index is 12.7. The van der Waals surface area contributed by atoms with Crippen LogP contribution in [-0.2, 0) is 14.1 Å². The Labute approximate surface area is 137 Å². The molecule has 0 radical (unpaired) electrons. The fourth-order valence-electron chi connectivity index (χ4n) is 2.73. The van der Waals surface area contributed by atoms with Gasteiger partial charge in [-0.3, -0.25) is 13.9 Å². The average Bonchev–Trinajstić information content (AvgIpc) is 2.57. The molecule has 0 bridgehead atoms. The molecule has 2 N–H and O–H groups in total. The number of anilines is 1. The minimum Gasteiger partial charge on any atom is -0.383 e. The van der Waals surface area contributed by atoms with Crippen LogP contribution >= 0.6 is 0 Å². The number of pyridine rings is 1. The van der Waals surface area contributed by atoms with Crippen LogP contribution in [0.15, 0.2) is 33.9 Å². The van der Waals surface area contributed by atoms with Gasteiger partial charge in [-0.2, -0.15) is 5.26 Å². The fourth-order valence-corrected chi connectivity index (χ4v) is 2.73. The van der Waals surface area contributed by atoms with Gasteiger partial charge in [-0.05, 0) is 12.5 Å². The monoisotopic (exact) mass is 321 g/mol. The number of nitrogen functional groups attached to an aromatic ring is 1. The van der Waals surface area contributed by atoms with Gasteiger partial charge in [-0.1, -0.05) is 29.8 Å². The summed E-state index contributed by atoms with van der Waals surface area (Å²) in [5.41, 5.74) is 7.31. The third-order valence-electron chi connectivity index (χ3n) is 4.07. The first-order valence-corrected chi connectivity index (χ1v) is 7.23. The van der Waals surface area contributed by atoms with Gasteiger partial charge in [0.05, 0.1) is 5.39 Å². The largest absolute Gasteiger partial charge is 0.383 e. The summed E-state index contributed by atoms with van der Waals surface area (Å²) in [6.07, 6.45) is 0. The molecule has 0 aliphatic heterocycles. The highest BCUT2D eigenvalue weighted by Crippen LogP contribution is 2.31. The molecular formula is C17H15N5O2. The lowest BCUT2D eigenvalue weighted by Gasteiger charge is -2.14. The fraction of sp³-hybridized carbons (Fsp3) is 0.176. The molecular weight excluding hydrogens is 306 g/mol. The predicted octanol–water partition coefficient (Wildman–Crippen LogP) is 1.06. The van der Waals surface area contributed by atoms with Crippen LogP contribution in [0.3, 0.4) is 0 Å². The molecule has 0 amide bonds. The Kier molecular flexibility index (Phi) is 3.45. The highest BCUT2D eigenvalue weighted by atomic mass is 16.2. The van der Waals surface area contributed by atoms with Gasteiger partial charge in [-0.15, -0.1) is 0 Å². The summed E-state index contributed by atoms with van der Waals surface area (Å²) in [5.74, 6) is -0.0103. The Morgan fingerprint density at radius 2 is 1.75 bits per heavy atom. The van der Waals surface area contributed by atoms with Gasteiger partial charge in [0.2, 0.25) is 0 Å². The van der Waals surface area contributed by atoms with Gasteiger partial charge in [0.15, 0.2) is 5.65 Å². The van der Waals surface area contributed by atoms with Gasteiger partial charge in [0.25, 0.3) is 5.56 Å². The standard InChI is InChI=1S/C17H15N5O2/c1-9-4-6-10(7-5-9)12-11(8-18)14(19)20-15-13(12)16(23)22(3)17(24)21(15)2/h4-7H,1-3H3,(H2,19,20). The zero-order valence-electron chi connectivity index (χ0n) is 13.5. The van der Waals surface area contributed by atoms with Gasteiger partial charge in [0.1, 0.15) is 17.5 Å². The van der Waals surface area contributed by atoms with E-state index in [1.165, 1.54) is 18.7 Å². The van der Waals surface area contributed by atoms with Crippen molar-refractivity contribution in [2.45, 2.75) is 6.92 Å². The van der Waals surface area contributed by atoms with Crippen molar-refractivity contribution in [1.29, 1.82) is 5.26 Å². The van der Waals surface area contributed by atoms with Gasteiger partial charge in [-0.25, -0.2) is 9.78 Å². The molecule has 3 rings (SSSR count). The summed E-state index contributed by atoms with van der Waals surface area (Å²) in [7, 11) is 2.91. The van der Waals surface area contributed by atoms with Crippen LogP contribution in [0.4, 0.5) is 5.82 Å². The number of nitrogens with two attached hydrogens (primary N) is 1. The summed E-state index contributed by atoms with van der Waals surface area (Å²) >= 11 is 0. The number of nitrogens with zero attached hydrogens (tertiary/aromatic N) is 4. The van der Waals surface area contributed by atoms with Crippen LogP contribution in [0, 0.1) is 18.3 Å². The van der Waals surface area contributed by atoms with E-state index in [0.29, 0.717) is 11.1 Å². The molecule has 7 nitrogen and oxygen atoms in total. The maximum Gasteiger partial charge on any atom is 0.332 e. The van der Waals surface area contributed by atoms with Crippen molar-refractivity contribution in [3.05, 3.63) is 56.2 Å². The number of aryl methyl sites for hydroxylation is 2. The third-order valence-corrected chi connectivity index (χ3v) is 4.07. The highest BCUT2D eigenvalue weighted by molar-refractivity contribution is 5.97. The van der Waals surface area contributed by atoms with Crippen molar-refractivity contribution >= 4 is 16.9 Å². The van der Waals surface area contributed by atoms with Gasteiger partial charge >= 0.3 is 5.69 Å². The molecule has 120 valence electrons. The molecule has 0 atom stereocenters.